The Labute approximate surface area is 181 Å². The zero-order chi connectivity index (χ0) is 22.0. The molecular formula is C23H28N4O4. The first kappa shape index (κ1) is 21.3. The minimum atomic E-state index is -0.598. The number of nitro benzene ring substituents is 1. The summed E-state index contributed by atoms with van der Waals surface area (Å²) < 4.78 is 0. The molecule has 2 aromatic carbocycles. The van der Waals surface area contributed by atoms with Crippen molar-refractivity contribution >= 4 is 23.0 Å². The van der Waals surface area contributed by atoms with Gasteiger partial charge >= 0.3 is 0 Å². The quantitative estimate of drug-likeness (QED) is 0.546. The lowest BCUT2D eigenvalue weighted by molar-refractivity contribution is -0.384. The van der Waals surface area contributed by atoms with Gasteiger partial charge in [-0.2, -0.15) is 0 Å². The molecule has 0 saturated carbocycles. The topological polar surface area (TPSA) is 99.0 Å². The Morgan fingerprint density at radius 2 is 1.81 bits per heavy atom. The molecular weight excluding hydrogens is 396 g/mol. The number of aliphatic hydroxyl groups is 1. The number of anilines is 2. The van der Waals surface area contributed by atoms with Gasteiger partial charge < -0.3 is 15.3 Å². The number of nitro groups is 1. The van der Waals surface area contributed by atoms with Crippen LogP contribution in [0.3, 0.4) is 0 Å². The van der Waals surface area contributed by atoms with E-state index in [0.29, 0.717) is 12.8 Å². The second-order valence-corrected chi connectivity index (χ2v) is 8.18. The summed E-state index contributed by atoms with van der Waals surface area (Å²) in [7, 11) is 0. The van der Waals surface area contributed by atoms with Crippen LogP contribution in [-0.2, 0) is 11.2 Å². The molecule has 2 atom stereocenters. The van der Waals surface area contributed by atoms with E-state index in [-0.39, 0.29) is 22.6 Å². The molecule has 2 N–H and O–H groups in total. The van der Waals surface area contributed by atoms with Crippen LogP contribution in [-0.4, -0.2) is 53.1 Å². The molecule has 31 heavy (non-hydrogen) atoms. The number of hydrogen-bond donors (Lipinski definition) is 2. The number of piperazine rings is 1. The molecule has 2 aromatic rings. The highest BCUT2D eigenvalue weighted by Crippen LogP contribution is 2.30. The van der Waals surface area contributed by atoms with Gasteiger partial charge in [0.1, 0.15) is 0 Å². The van der Waals surface area contributed by atoms with E-state index >= 15 is 0 Å². The van der Waals surface area contributed by atoms with Gasteiger partial charge in [0, 0.05) is 62.1 Å². The fraction of sp³-hybridized carbons (Fsp3) is 0.435. The maximum Gasteiger partial charge on any atom is 0.269 e. The molecule has 0 radical (unpaired) electrons. The van der Waals surface area contributed by atoms with Crippen LogP contribution in [0.5, 0.6) is 0 Å². The van der Waals surface area contributed by atoms with Crippen molar-refractivity contribution in [3.05, 3.63) is 63.7 Å². The molecule has 4 rings (SSSR count). The van der Waals surface area contributed by atoms with E-state index in [1.165, 1.54) is 0 Å². The molecule has 1 fully saturated rings. The Balaban J connectivity index is 1.41. The van der Waals surface area contributed by atoms with E-state index in [1.54, 1.807) is 24.3 Å². The van der Waals surface area contributed by atoms with Gasteiger partial charge in [0.25, 0.3) is 5.69 Å². The van der Waals surface area contributed by atoms with E-state index in [0.717, 1.165) is 55.1 Å². The van der Waals surface area contributed by atoms with Crippen molar-refractivity contribution in [2.24, 2.45) is 0 Å². The highest BCUT2D eigenvalue weighted by molar-refractivity contribution is 5.93. The molecule has 2 unspecified atom stereocenters. The highest BCUT2D eigenvalue weighted by Gasteiger charge is 2.29. The van der Waals surface area contributed by atoms with Crippen molar-refractivity contribution in [3.8, 4) is 0 Å². The smallest absolute Gasteiger partial charge is 0.269 e. The largest absolute Gasteiger partial charge is 0.387 e. The second kappa shape index (κ2) is 9.03. The van der Waals surface area contributed by atoms with Crippen molar-refractivity contribution in [2.45, 2.75) is 38.3 Å². The monoisotopic (exact) mass is 424 g/mol. The number of carbonyl (C=O) groups excluding carboxylic acids is 1. The van der Waals surface area contributed by atoms with Gasteiger partial charge in [-0.3, -0.25) is 19.8 Å². The van der Waals surface area contributed by atoms with E-state index in [1.807, 2.05) is 18.2 Å². The third-order valence-corrected chi connectivity index (χ3v) is 6.36. The third-order valence-electron chi connectivity index (χ3n) is 6.36. The Morgan fingerprint density at radius 3 is 2.45 bits per heavy atom. The number of fused-ring (bicyclic) bond motifs is 1. The molecule has 1 amide bonds. The average molecular weight is 425 g/mol. The number of aryl methyl sites for hydroxylation is 1. The molecule has 2 aliphatic heterocycles. The molecule has 0 spiro atoms. The normalized spacial score (nSPS) is 18.8. The van der Waals surface area contributed by atoms with Crippen molar-refractivity contribution in [3.63, 3.8) is 0 Å². The number of rotatable bonds is 6. The number of nitrogens with zero attached hydrogens (tertiary/aromatic N) is 3. The first-order valence-corrected chi connectivity index (χ1v) is 10.8. The van der Waals surface area contributed by atoms with Gasteiger partial charge in [-0.05, 0) is 42.2 Å². The molecule has 8 nitrogen and oxygen atoms in total. The van der Waals surface area contributed by atoms with Crippen LogP contribution in [0.25, 0.3) is 0 Å². The maximum absolute atomic E-state index is 11.6. The summed E-state index contributed by atoms with van der Waals surface area (Å²) in [5.41, 5.74) is 3.89. The summed E-state index contributed by atoms with van der Waals surface area (Å²) in [6, 6.07) is 12.5. The van der Waals surface area contributed by atoms with Crippen LogP contribution in [0.1, 0.15) is 37.0 Å². The summed E-state index contributed by atoms with van der Waals surface area (Å²) in [4.78, 5) is 26.6. The molecule has 0 aromatic heterocycles. The number of carbonyl (C=O) groups is 1. The van der Waals surface area contributed by atoms with Crippen LogP contribution < -0.4 is 10.2 Å². The van der Waals surface area contributed by atoms with Crippen molar-refractivity contribution in [2.75, 3.05) is 36.4 Å². The number of amides is 1. The molecule has 2 heterocycles. The van der Waals surface area contributed by atoms with Crippen LogP contribution >= 0.6 is 0 Å². The first-order chi connectivity index (χ1) is 15.0. The van der Waals surface area contributed by atoms with Crippen LogP contribution in [0.15, 0.2) is 42.5 Å². The lowest BCUT2D eigenvalue weighted by Gasteiger charge is -2.41. The minimum Gasteiger partial charge on any atom is -0.387 e. The lowest BCUT2D eigenvalue weighted by atomic mass is 9.93. The highest BCUT2D eigenvalue weighted by atomic mass is 16.6. The second-order valence-electron chi connectivity index (χ2n) is 8.18. The average Bonchev–Trinajstić information content (AvgIpc) is 2.79. The summed E-state index contributed by atoms with van der Waals surface area (Å²) >= 11 is 0. The molecule has 8 heteroatoms. The van der Waals surface area contributed by atoms with Gasteiger partial charge in [0.2, 0.25) is 5.91 Å². The SMILES string of the molecule is CCC(C(O)c1ccc2c(c1)CCC(=O)N2)N1CCN(c2ccc([N+](=O)[O-])cc2)CC1. The molecule has 0 bridgehead atoms. The zero-order valence-corrected chi connectivity index (χ0v) is 17.7. The number of nitrogens with one attached hydrogen (secondary N) is 1. The minimum absolute atomic E-state index is 0.00948. The van der Waals surface area contributed by atoms with Gasteiger partial charge in [-0.1, -0.05) is 19.1 Å². The van der Waals surface area contributed by atoms with Crippen molar-refractivity contribution in [1.29, 1.82) is 0 Å². The Kier molecular flexibility index (Phi) is 6.20. The predicted octanol–water partition coefficient (Wildman–Crippen LogP) is 3.11. The fourth-order valence-electron chi connectivity index (χ4n) is 4.59. The number of aliphatic hydroxyl groups excluding tert-OH is 1. The first-order valence-electron chi connectivity index (χ1n) is 10.8. The molecule has 1 saturated heterocycles. The number of non-ortho nitro benzene ring substituents is 1. The van der Waals surface area contributed by atoms with E-state index in [4.69, 9.17) is 0 Å². The van der Waals surface area contributed by atoms with Crippen molar-refractivity contribution in [1.82, 2.24) is 4.90 Å². The summed E-state index contributed by atoms with van der Waals surface area (Å²) in [6.45, 7) is 5.32. The Hall–Kier alpha value is -2.97. The van der Waals surface area contributed by atoms with Crippen molar-refractivity contribution < 1.29 is 14.8 Å². The summed E-state index contributed by atoms with van der Waals surface area (Å²) in [5.74, 6) is 0.0399. The van der Waals surface area contributed by atoms with Gasteiger partial charge in [0.15, 0.2) is 0 Å². The lowest BCUT2D eigenvalue weighted by Crippen LogP contribution is -2.52. The maximum atomic E-state index is 11.6. The third kappa shape index (κ3) is 4.55. The Morgan fingerprint density at radius 1 is 1.10 bits per heavy atom. The van der Waals surface area contributed by atoms with Crippen LogP contribution in [0.2, 0.25) is 0 Å². The number of hydrogen-bond acceptors (Lipinski definition) is 6. The van der Waals surface area contributed by atoms with Crippen LogP contribution in [0, 0.1) is 10.1 Å². The number of benzene rings is 2. The van der Waals surface area contributed by atoms with Gasteiger partial charge in [-0.15, -0.1) is 0 Å². The fourth-order valence-corrected chi connectivity index (χ4v) is 4.59. The van der Waals surface area contributed by atoms with Gasteiger partial charge in [-0.25, -0.2) is 0 Å². The van der Waals surface area contributed by atoms with E-state index in [2.05, 4.69) is 22.0 Å². The molecule has 164 valence electrons. The summed E-state index contributed by atoms with van der Waals surface area (Å²) in [6.07, 6.45) is 1.41. The Bertz CT molecular complexity index is 955. The van der Waals surface area contributed by atoms with Crippen LogP contribution in [0.4, 0.5) is 17.1 Å². The standard InChI is InChI=1S/C23H28N4O4/c1-2-21(23(29)17-3-9-20-16(15-17)4-10-22(28)24-20)26-13-11-25(12-14-26)18-5-7-19(8-6-18)27(30)31/h3,5-9,15,21,23,29H,2,4,10-14H2,1H3,(H,24,28). The van der Waals surface area contributed by atoms with E-state index < -0.39 is 6.10 Å². The van der Waals surface area contributed by atoms with E-state index in [9.17, 15) is 20.0 Å². The molecule has 0 aliphatic carbocycles. The van der Waals surface area contributed by atoms with Gasteiger partial charge in [0.05, 0.1) is 11.0 Å². The predicted molar refractivity (Wildman–Crippen MR) is 119 cm³/mol. The zero-order valence-electron chi connectivity index (χ0n) is 17.7. The summed E-state index contributed by atoms with van der Waals surface area (Å²) in [5, 5.41) is 24.9. The molecule has 2 aliphatic rings.